The van der Waals surface area contributed by atoms with Crippen molar-refractivity contribution < 1.29 is 18.7 Å². The van der Waals surface area contributed by atoms with Crippen molar-refractivity contribution in [3.05, 3.63) is 53.9 Å². The third kappa shape index (κ3) is 5.07. The highest BCUT2D eigenvalue weighted by Crippen LogP contribution is 2.32. The molecule has 0 spiro atoms. The number of anilines is 2. The fraction of sp³-hybridized carbons (Fsp3) is 0.385. The van der Waals surface area contributed by atoms with Crippen LogP contribution in [0.15, 0.2) is 36.8 Å². The van der Waals surface area contributed by atoms with Crippen molar-refractivity contribution in [3.63, 3.8) is 0 Å². The van der Waals surface area contributed by atoms with Crippen LogP contribution in [0.3, 0.4) is 0 Å². The zero-order valence-electron chi connectivity index (χ0n) is 21.5. The Hall–Kier alpha value is -4.15. The minimum atomic E-state index is -0.560. The number of aromatic nitrogens is 4. The number of nitrogens with zero attached hydrogens (tertiary/aromatic N) is 5. The number of carbonyl (C=O) groups excluding carboxylic acids is 2. The lowest BCUT2D eigenvalue weighted by Crippen LogP contribution is -2.40. The first-order chi connectivity index (χ1) is 17.5. The number of benzene rings is 1. The van der Waals surface area contributed by atoms with Gasteiger partial charge in [0.1, 0.15) is 11.1 Å². The molecule has 1 atom stereocenters. The normalized spacial score (nSPS) is 15.9. The monoisotopic (exact) mass is 507 g/mol. The molecule has 0 bridgehead atoms. The van der Waals surface area contributed by atoms with E-state index < -0.39 is 23.4 Å². The van der Waals surface area contributed by atoms with Crippen molar-refractivity contribution in [2.45, 2.75) is 45.8 Å². The maximum Gasteiger partial charge on any atom is 0.407 e. The Morgan fingerprint density at radius 2 is 1.97 bits per heavy atom. The minimum Gasteiger partial charge on any atom is -0.444 e. The number of halogens is 1. The Balaban J connectivity index is 1.37. The number of imidazole rings is 1. The zero-order chi connectivity index (χ0) is 26.5. The molecule has 4 aromatic rings. The molecular weight excluding hydrogens is 477 g/mol. The van der Waals surface area contributed by atoms with E-state index in [1.807, 2.05) is 33.0 Å². The first-order valence-corrected chi connectivity index (χ1v) is 12.1. The van der Waals surface area contributed by atoms with E-state index in [0.717, 1.165) is 24.0 Å². The van der Waals surface area contributed by atoms with E-state index in [1.54, 1.807) is 41.5 Å². The Morgan fingerprint density at radius 1 is 1.19 bits per heavy atom. The quantitative estimate of drug-likeness (QED) is 0.432. The molecule has 1 aliphatic heterocycles. The fourth-order valence-corrected chi connectivity index (χ4v) is 4.68. The first-order valence-electron chi connectivity index (χ1n) is 12.1. The summed E-state index contributed by atoms with van der Waals surface area (Å²) in [7, 11) is 1.80. The van der Waals surface area contributed by atoms with Gasteiger partial charge in [-0.15, -0.1) is 0 Å². The molecule has 1 saturated heterocycles. The molecule has 0 unspecified atom stereocenters. The number of hydrogen-bond donors (Lipinski definition) is 2. The average Bonchev–Trinajstić information content (AvgIpc) is 3.49. The molecule has 2 N–H and O–H groups in total. The van der Waals surface area contributed by atoms with Crippen molar-refractivity contribution in [1.29, 1.82) is 0 Å². The van der Waals surface area contributed by atoms with Crippen LogP contribution in [0, 0.1) is 12.7 Å². The van der Waals surface area contributed by atoms with Crippen molar-refractivity contribution >= 4 is 39.9 Å². The number of carbonyl (C=O) groups is 2. The number of hydrogen-bond acceptors (Lipinski definition) is 6. The summed E-state index contributed by atoms with van der Waals surface area (Å²) >= 11 is 0. The van der Waals surface area contributed by atoms with Crippen LogP contribution in [0.4, 0.5) is 20.6 Å². The van der Waals surface area contributed by atoms with E-state index >= 15 is 0 Å². The van der Waals surface area contributed by atoms with Crippen molar-refractivity contribution in [3.8, 4) is 0 Å². The van der Waals surface area contributed by atoms with Gasteiger partial charge in [-0.3, -0.25) is 9.48 Å². The summed E-state index contributed by atoms with van der Waals surface area (Å²) in [5.41, 5.74) is 2.49. The van der Waals surface area contributed by atoms with Crippen molar-refractivity contribution in [2.75, 3.05) is 23.3 Å². The third-order valence-corrected chi connectivity index (χ3v) is 6.15. The smallest absolute Gasteiger partial charge is 0.407 e. The fourth-order valence-electron chi connectivity index (χ4n) is 4.68. The van der Waals surface area contributed by atoms with Crippen LogP contribution in [0.25, 0.3) is 16.6 Å². The number of pyridine rings is 1. The topological polar surface area (TPSA) is 106 Å². The van der Waals surface area contributed by atoms with Crippen LogP contribution < -0.4 is 15.5 Å². The van der Waals surface area contributed by atoms with Crippen LogP contribution in [-0.4, -0.2) is 55.9 Å². The Labute approximate surface area is 213 Å². The molecule has 10 nitrogen and oxygen atoms in total. The predicted molar refractivity (Wildman–Crippen MR) is 139 cm³/mol. The van der Waals surface area contributed by atoms with Gasteiger partial charge in [-0.2, -0.15) is 5.10 Å². The lowest BCUT2D eigenvalue weighted by Gasteiger charge is -2.23. The summed E-state index contributed by atoms with van der Waals surface area (Å²) in [5.74, 6) is -0.912. The molecule has 194 valence electrons. The second kappa shape index (κ2) is 9.06. The third-order valence-electron chi connectivity index (χ3n) is 6.15. The van der Waals surface area contributed by atoms with Crippen LogP contribution in [0.2, 0.25) is 0 Å². The standard InChI is InChI=1S/C26H30FN7O3/c1-15-11-34-13-17(10-20(27)23(34)28-15)29-24(35)18-6-7-21(19-14-32(5)31-22(18)19)33-9-8-16(12-33)30-25(36)37-26(2,3)4/h6-7,10-11,13-14,16H,8-9,12H2,1-5H3,(H,29,35)(H,30,36)/t16-/m1/s1. The molecule has 0 radical (unpaired) electrons. The van der Waals surface area contributed by atoms with E-state index in [2.05, 4.69) is 25.6 Å². The number of ether oxygens (including phenoxy) is 1. The van der Waals surface area contributed by atoms with Crippen LogP contribution in [-0.2, 0) is 11.8 Å². The first kappa shape index (κ1) is 24.5. The number of alkyl carbamates (subject to hydrolysis) is 1. The summed E-state index contributed by atoms with van der Waals surface area (Å²) < 4.78 is 23.1. The molecule has 1 aliphatic rings. The number of amides is 2. The summed E-state index contributed by atoms with van der Waals surface area (Å²) in [6.45, 7) is 8.62. The summed E-state index contributed by atoms with van der Waals surface area (Å²) in [5, 5.41) is 11.1. The Morgan fingerprint density at radius 3 is 2.73 bits per heavy atom. The van der Waals surface area contributed by atoms with E-state index in [9.17, 15) is 14.0 Å². The van der Waals surface area contributed by atoms with Gasteiger partial charge in [0, 0.05) is 55.9 Å². The van der Waals surface area contributed by atoms with E-state index in [1.165, 1.54) is 6.07 Å². The molecular formula is C26H30FN7O3. The maximum atomic E-state index is 14.5. The van der Waals surface area contributed by atoms with Crippen LogP contribution >= 0.6 is 0 Å². The van der Waals surface area contributed by atoms with E-state index in [0.29, 0.717) is 29.0 Å². The molecule has 0 aliphatic carbocycles. The van der Waals surface area contributed by atoms with Gasteiger partial charge in [0.15, 0.2) is 11.5 Å². The second-order valence-corrected chi connectivity index (χ2v) is 10.4. The van der Waals surface area contributed by atoms with Crippen LogP contribution in [0.1, 0.15) is 43.2 Å². The molecule has 2 amide bonds. The predicted octanol–water partition coefficient (Wildman–Crippen LogP) is 4.02. The summed E-state index contributed by atoms with van der Waals surface area (Å²) in [6.07, 6.45) is 5.53. The summed E-state index contributed by atoms with van der Waals surface area (Å²) in [6, 6.07) is 4.81. The van der Waals surface area contributed by atoms with Gasteiger partial charge >= 0.3 is 6.09 Å². The van der Waals surface area contributed by atoms with Crippen molar-refractivity contribution in [2.24, 2.45) is 7.05 Å². The molecule has 1 fully saturated rings. The number of fused-ring (bicyclic) bond motifs is 2. The lowest BCUT2D eigenvalue weighted by molar-refractivity contribution is 0.0509. The van der Waals surface area contributed by atoms with Gasteiger partial charge in [-0.05, 0) is 46.2 Å². The SMILES string of the molecule is Cc1cn2cc(NC(=O)c3ccc(N4CC[C@@H](NC(=O)OC(C)(C)C)C4)c4cn(C)nc34)cc(F)c2n1. The number of aryl methyl sites for hydroxylation is 2. The highest BCUT2D eigenvalue weighted by Gasteiger charge is 2.28. The van der Waals surface area contributed by atoms with Gasteiger partial charge in [0.2, 0.25) is 0 Å². The number of nitrogens with one attached hydrogen (secondary N) is 2. The van der Waals surface area contributed by atoms with Gasteiger partial charge in [0.25, 0.3) is 5.91 Å². The molecule has 0 saturated carbocycles. The highest BCUT2D eigenvalue weighted by molar-refractivity contribution is 6.13. The molecule has 5 rings (SSSR count). The van der Waals surface area contributed by atoms with Crippen LogP contribution in [0.5, 0.6) is 0 Å². The van der Waals surface area contributed by atoms with E-state index in [-0.39, 0.29) is 11.7 Å². The second-order valence-electron chi connectivity index (χ2n) is 10.4. The minimum absolute atomic E-state index is 0.0545. The van der Waals surface area contributed by atoms with Gasteiger partial charge in [0.05, 0.1) is 23.0 Å². The Kier molecular flexibility index (Phi) is 6.01. The van der Waals surface area contributed by atoms with Gasteiger partial charge in [-0.25, -0.2) is 14.2 Å². The van der Waals surface area contributed by atoms with Gasteiger partial charge in [-0.1, -0.05) is 0 Å². The molecule has 11 heteroatoms. The number of rotatable bonds is 4. The average molecular weight is 508 g/mol. The maximum absolute atomic E-state index is 14.5. The molecule has 37 heavy (non-hydrogen) atoms. The highest BCUT2D eigenvalue weighted by atomic mass is 19.1. The summed E-state index contributed by atoms with van der Waals surface area (Å²) in [4.78, 5) is 31.7. The van der Waals surface area contributed by atoms with Crippen molar-refractivity contribution in [1.82, 2.24) is 24.5 Å². The van der Waals surface area contributed by atoms with E-state index in [4.69, 9.17) is 4.74 Å². The molecule has 4 heterocycles. The van der Waals surface area contributed by atoms with Gasteiger partial charge < -0.3 is 24.7 Å². The molecule has 1 aromatic carbocycles. The molecule has 3 aromatic heterocycles. The zero-order valence-corrected chi connectivity index (χ0v) is 21.5. The largest absolute Gasteiger partial charge is 0.444 e. The lowest BCUT2D eigenvalue weighted by atomic mass is 10.1. The Bertz CT molecular complexity index is 1520.